The molecule has 0 aliphatic heterocycles. The minimum atomic E-state index is 0.816. The number of fused-ring (bicyclic) bond motifs is 7. The van der Waals surface area contributed by atoms with Crippen LogP contribution in [0.5, 0.6) is 0 Å². The second kappa shape index (κ2) is 4.47. The predicted octanol–water partition coefficient (Wildman–Crippen LogP) is 5.87. The molecule has 0 radical (unpaired) electrons. The van der Waals surface area contributed by atoms with Crippen LogP contribution < -0.4 is 0 Å². The van der Waals surface area contributed by atoms with Crippen LogP contribution in [-0.2, 0) is 0 Å². The molecule has 5 aliphatic rings. The summed E-state index contributed by atoms with van der Waals surface area (Å²) < 4.78 is 0. The molecule has 5 aliphatic carbocycles. The summed E-state index contributed by atoms with van der Waals surface area (Å²) in [5.41, 5.74) is 9.03. The SMILES string of the molecule is c1cc2c(cc1-c1cc3c(cn1)C1CCC3C1)C1CCC2CC1. The average Bonchev–Trinajstić information content (AvgIpc) is 3.24. The summed E-state index contributed by atoms with van der Waals surface area (Å²) in [5.74, 6) is 3.30. The fourth-order valence-electron chi connectivity index (χ4n) is 6.06. The maximum Gasteiger partial charge on any atom is 0.0705 e. The molecule has 1 aromatic heterocycles. The smallest absolute Gasteiger partial charge is 0.0705 e. The van der Waals surface area contributed by atoms with Crippen molar-refractivity contribution in [3.05, 3.63) is 52.7 Å². The summed E-state index contributed by atoms with van der Waals surface area (Å²) in [4.78, 5) is 4.85. The molecule has 2 fully saturated rings. The lowest BCUT2D eigenvalue weighted by molar-refractivity contribution is 0.359. The number of benzene rings is 1. The Morgan fingerprint density at radius 2 is 1.30 bits per heavy atom. The Morgan fingerprint density at radius 3 is 2.13 bits per heavy atom. The van der Waals surface area contributed by atoms with Crippen LogP contribution in [0.15, 0.2) is 30.5 Å². The van der Waals surface area contributed by atoms with Crippen LogP contribution in [-0.4, -0.2) is 4.98 Å². The summed E-state index contributed by atoms with van der Waals surface area (Å²) >= 11 is 0. The number of hydrogen-bond acceptors (Lipinski definition) is 1. The van der Waals surface area contributed by atoms with Gasteiger partial charge >= 0.3 is 0 Å². The van der Waals surface area contributed by atoms with Crippen molar-refractivity contribution in [2.45, 2.75) is 68.6 Å². The molecule has 0 N–H and O–H groups in total. The van der Waals surface area contributed by atoms with E-state index >= 15 is 0 Å². The second-order valence-corrected chi connectivity index (χ2v) is 8.30. The van der Waals surface area contributed by atoms with Gasteiger partial charge in [0.15, 0.2) is 0 Å². The molecule has 23 heavy (non-hydrogen) atoms. The summed E-state index contributed by atoms with van der Waals surface area (Å²) in [7, 11) is 0. The molecule has 0 saturated heterocycles. The maximum absolute atomic E-state index is 4.85. The van der Waals surface area contributed by atoms with Crippen molar-refractivity contribution in [1.82, 2.24) is 4.98 Å². The molecule has 1 heteroatoms. The lowest BCUT2D eigenvalue weighted by Gasteiger charge is -2.38. The minimum Gasteiger partial charge on any atom is -0.256 e. The van der Waals surface area contributed by atoms with E-state index in [9.17, 15) is 0 Å². The highest BCUT2D eigenvalue weighted by atomic mass is 14.7. The van der Waals surface area contributed by atoms with Crippen LogP contribution in [0.3, 0.4) is 0 Å². The topological polar surface area (TPSA) is 12.9 Å². The van der Waals surface area contributed by atoms with Crippen molar-refractivity contribution in [3.8, 4) is 11.3 Å². The van der Waals surface area contributed by atoms with Crippen LogP contribution in [0, 0.1) is 0 Å². The van der Waals surface area contributed by atoms with Gasteiger partial charge in [-0.15, -0.1) is 0 Å². The first kappa shape index (κ1) is 12.8. The van der Waals surface area contributed by atoms with E-state index in [-0.39, 0.29) is 0 Å². The minimum absolute atomic E-state index is 0.816. The number of hydrogen-bond donors (Lipinski definition) is 0. The maximum atomic E-state index is 4.85. The van der Waals surface area contributed by atoms with Crippen molar-refractivity contribution >= 4 is 0 Å². The van der Waals surface area contributed by atoms with Crippen LogP contribution in [0.2, 0.25) is 0 Å². The quantitative estimate of drug-likeness (QED) is 0.642. The third-order valence-electron chi connectivity index (χ3n) is 7.27. The molecule has 2 saturated carbocycles. The summed E-state index contributed by atoms with van der Waals surface area (Å²) in [6.07, 6.45) is 12.0. The van der Waals surface area contributed by atoms with Gasteiger partial charge in [0, 0.05) is 11.8 Å². The van der Waals surface area contributed by atoms with Crippen LogP contribution in [0.1, 0.15) is 90.9 Å². The van der Waals surface area contributed by atoms with Crippen LogP contribution in [0.4, 0.5) is 0 Å². The van der Waals surface area contributed by atoms with Gasteiger partial charge in [-0.3, -0.25) is 4.98 Å². The van der Waals surface area contributed by atoms with E-state index in [0.717, 1.165) is 23.7 Å². The molecule has 116 valence electrons. The van der Waals surface area contributed by atoms with Crippen molar-refractivity contribution in [1.29, 1.82) is 0 Å². The number of rotatable bonds is 1. The van der Waals surface area contributed by atoms with Gasteiger partial charge in [-0.2, -0.15) is 0 Å². The Labute approximate surface area is 138 Å². The third-order valence-corrected chi connectivity index (χ3v) is 7.27. The van der Waals surface area contributed by atoms with E-state index in [1.807, 2.05) is 0 Å². The molecule has 2 aromatic rings. The molecule has 1 heterocycles. The standard InChI is InChI=1S/C22H23N/c1-3-14-4-2-13(1)18-8-7-17(10-19(14)18)22-11-20-15-5-6-16(9-15)21(20)12-23-22/h7-8,10-16H,1-6,9H2. The van der Waals surface area contributed by atoms with Gasteiger partial charge in [0.1, 0.15) is 0 Å². The Balaban J connectivity index is 1.45. The summed E-state index contributed by atoms with van der Waals surface area (Å²) in [5, 5.41) is 0. The van der Waals surface area contributed by atoms with Gasteiger partial charge in [-0.05, 0) is 103 Å². The van der Waals surface area contributed by atoms with Gasteiger partial charge in [0.25, 0.3) is 0 Å². The molecule has 4 bridgehead atoms. The zero-order chi connectivity index (χ0) is 15.0. The highest BCUT2D eigenvalue weighted by Gasteiger charge is 2.37. The van der Waals surface area contributed by atoms with E-state index in [4.69, 9.17) is 4.98 Å². The number of nitrogens with zero attached hydrogens (tertiary/aromatic N) is 1. The van der Waals surface area contributed by atoms with Gasteiger partial charge in [0.05, 0.1) is 5.69 Å². The molecular formula is C22H23N. The highest BCUT2D eigenvalue weighted by molar-refractivity contribution is 5.64. The van der Waals surface area contributed by atoms with Crippen molar-refractivity contribution < 1.29 is 0 Å². The molecule has 1 aromatic carbocycles. The van der Waals surface area contributed by atoms with E-state index in [1.54, 1.807) is 22.3 Å². The lowest BCUT2D eigenvalue weighted by atomic mass is 9.67. The van der Waals surface area contributed by atoms with Crippen molar-refractivity contribution in [3.63, 3.8) is 0 Å². The molecular weight excluding hydrogens is 278 g/mol. The first-order chi connectivity index (χ1) is 11.4. The molecule has 2 unspecified atom stereocenters. The van der Waals surface area contributed by atoms with E-state index in [1.165, 1.54) is 56.2 Å². The Kier molecular flexibility index (Phi) is 2.48. The van der Waals surface area contributed by atoms with Crippen molar-refractivity contribution in [2.75, 3.05) is 0 Å². The molecule has 7 rings (SSSR count). The largest absolute Gasteiger partial charge is 0.256 e. The van der Waals surface area contributed by atoms with Crippen LogP contribution >= 0.6 is 0 Å². The third kappa shape index (κ3) is 1.71. The lowest BCUT2D eigenvalue weighted by Crippen LogP contribution is -2.21. The van der Waals surface area contributed by atoms with Gasteiger partial charge < -0.3 is 0 Å². The van der Waals surface area contributed by atoms with E-state index in [0.29, 0.717) is 0 Å². The first-order valence-electron chi connectivity index (χ1n) is 9.51. The van der Waals surface area contributed by atoms with E-state index in [2.05, 4.69) is 30.5 Å². The monoisotopic (exact) mass is 301 g/mol. The number of pyridine rings is 1. The molecule has 0 amide bonds. The highest BCUT2D eigenvalue weighted by Crippen LogP contribution is 2.54. The van der Waals surface area contributed by atoms with E-state index < -0.39 is 0 Å². The fraction of sp³-hybridized carbons (Fsp3) is 0.500. The Hall–Kier alpha value is -1.63. The summed E-state index contributed by atoms with van der Waals surface area (Å²) in [6.45, 7) is 0. The predicted molar refractivity (Wildman–Crippen MR) is 93.0 cm³/mol. The number of aromatic nitrogens is 1. The average molecular weight is 301 g/mol. The Bertz CT molecular complexity index is 798. The van der Waals surface area contributed by atoms with Crippen LogP contribution in [0.25, 0.3) is 11.3 Å². The normalized spacial score (nSPS) is 32.9. The zero-order valence-electron chi connectivity index (χ0n) is 13.6. The Morgan fingerprint density at radius 1 is 0.652 bits per heavy atom. The molecule has 1 nitrogen and oxygen atoms in total. The molecule has 2 atom stereocenters. The summed E-state index contributed by atoms with van der Waals surface area (Å²) in [6, 6.07) is 9.65. The van der Waals surface area contributed by atoms with Gasteiger partial charge in [0.2, 0.25) is 0 Å². The fourth-order valence-corrected chi connectivity index (χ4v) is 6.06. The van der Waals surface area contributed by atoms with Crippen molar-refractivity contribution in [2.24, 2.45) is 0 Å². The first-order valence-corrected chi connectivity index (χ1v) is 9.51. The second-order valence-electron chi connectivity index (χ2n) is 8.30. The molecule has 0 spiro atoms. The van der Waals surface area contributed by atoms with Gasteiger partial charge in [-0.1, -0.05) is 12.1 Å². The zero-order valence-corrected chi connectivity index (χ0v) is 13.6. The van der Waals surface area contributed by atoms with Gasteiger partial charge in [-0.25, -0.2) is 0 Å².